The van der Waals surface area contributed by atoms with E-state index in [1.54, 1.807) is 17.5 Å². The first-order valence-electron chi connectivity index (χ1n) is 8.35. The number of benzene rings is 1. The number of hydrogen-bond donors (Lipinski definition) is 1. The normalized spacial score (nSPS) is 16.6. The molecule has 1 N–H and O–H groups in total. The molecule has 1 fully saturated rings. The van der Waals surface area contributed by atoms with Crippen molar-refractivity contribution in [1.29, 1.82) is 0 Å². The molecule has 27 heavy (non-hydrogen) atoms. The number of piperidine rings is 1. The topological polar surface area (TPSA) is 79.4 Å². The van der Waals surface area contributed by atoms with Crippen LogP contribution in [0.15, 0.2) is 44.4 Å². The van der Waals surface area contributed by atoms with E-state index >= 15 is 0 Å². The molecule has 2 aromatic heterocycles. The molecular weight excluding hydrogens is 470 g/mol. The lowest BCUT2D eigenvalue weighted by Gasteiger charge is -2.29. The third-order valence-corrected chi connectivity index (χ3v) is 9.36. The Morgan fingerprint density at radius 3 is 2.67 bits per heavy atom. The van der Waals surface area contributed by atoms with Crippen LogP contribution in [-0.4, -0.2) is 36.7 Å². The molecule has 10 heteroatoms. The molecule has 3 heterocycles. The Labute approximate surface area is 173 Å². The van der Waals surface area contributed by atoms with Gasteiger partial charge in [0.2, 0.25) is 5.91 Å². The van der Waals surface area contributed by atoms with Crippen molar-refractivity contribution >= 4 is 69.9 Å². The molecule has 0 radical (unpaired) electrons. The molecule has 0 saturated carbocycles. The summed E-state index contributed by atoms with van der Waals surface area (Å²) < 4.78 is 28.9. The number of nitrogens with zero attached hydrogens (tertiary/aromatic N) is 2. The van der Waals surface area contributed by atoms with Gasteiger partial charge in [-0.3, -0.25) is 4.79 Å². The number of carbonyl (C=O) groups is 1. The fraction of sp³-hybridized carbons (Fsp3) is 0.294. The van der Waals surface area contributed by atoms with E-state index in [2.05, 4.69) is 26.2 Å². The van der Waals surface area contributed by atoms with Gasteiger partial charge in [-0.25, -0.2) is 13.4 Å². The third-order valence-electron chi connectivity index (χ3n) is 4.51. The van der Waals surface area contributed by atoms with E-state index in [0.29, 0.717) is 35.3 Å². The van der Waals surface area contributed by atoms with Crippen LogP contribution in [0.1, 0.15) is 12.8 Å². The zero-order chi connectivity index (χ0) is 19.0. The molecule has 1 saturated heterocycles. The van der Waals surface area contributed by atoms with Gasteiger partial charge in [-0.1, -0.05) is 23.5 Å². The fourth-order valence-corrected chi connectivity index (χ4v) is 7.17. The van der Waals surface area contributed by atoms with Crippen molar-refractivity contribution in [3.63, 3.8) is 0 Å². The van der Waals surface area contributed by atoms with Gasteiger partial charge in [0.05, 0.1) is 10.2 Å². The molecule has 0 aliphatic carbocycles. The number of para-hydroxylation sites is 1. The van der Waals surface area contributed by atoms with E-state index in [1.807, 2.05) is 18.2 Å². The summed E-state index contributed by atoms with van der Waals surface area (Å²) in [6.07, 6.45) is 1.01. The number of halogens is 1. The Kier molecular flexibility index (Phi) is 5.34. The van der Waals surface area contributed by atoms with Gasteiger partial charge in [-0.2, -0.15) is 4.31 Å². The molecule has 1 aromatic carbocycles. The summed E-state index contributed by atoms with van der Waals surface area (Å²) in [6.45, 7) is 0.702. The van der Waals surface area contributed by atoms with Crippen molar-refractivity contribution in [1.82, 2.24) is 9.29 Å². The lowest BCUT2D eigenvalue weighted by Crippen LogP contribution is -2.41. The Morgan fingerprint density at radius 2 is 2.00 bits per heavy atom. The van der Waals surface area contributed by atoms with Gasteiger partial charge in [0, 0.05) is 23.5 Å². The SMILES string of the molecule is O=C(Nc1nc2c(Br)cccc2s1)C1CCN(S(=O)(=O)c2cccs2)CC1. The summed E-state index contributed by atoms with van der Waals surface area (Å²) >= 11 is 6.11. The van der Waals surface area contributed by atoms with Crippen molar-refractivity contribution in [3.05, 3.63) is 40.2 Å². The van der Waals surface area contributed by atoms with Gasteiger partial charge >= 0.3 is 0 Å². The average molecular weight is 486 g/mol. The second-order valence-electron chi connectivity index (χ2n) is 6.21. The van der Waals surface area contributed by atoms with E-state index in [4.69, 9.17) is 0 Å². The lowest BCUT2D eigenvalue weighted by atomic mass is 9.97. The van der Waals surface area contributed by atoms with Crippen molar-refractivity contribution < 1.29 is 13.2 Å². The van der Waals surface area contributed by atoms with Crippen LogP contribution < -0.4 is 5.32 Å². The molecule has 1 amide bonds. The monoisotopic (exact) mass is 485 g/mol. The first kappa shape index (κ1) is 19.0. The minimum Gasteiger partial charge on any atom is -0.302 e. The number of rotatable bonds is 4. The van der Waals surface area contributed by atoms with Crippen LogP contribution in [0.2, 0.25) is 0 Å². The fourth-order valence-electron chi connectivity index (χ4n) is 3.07. The quantitative estimate of drug-likeness (QED) is 0.601. The minimum absolute atomic E-state index is 0.0987. The highest BCUT2D eigenvalue weighted by atomic mass is 79.9. The molecule has 142 valence electrons. The number of carbonyl (C=O) groups excluding carboxylic acids is 1. The molecule has 1 aliphatic rings. The van der Waals surface area contributed by atoms with Gasteiger partial charge in [-0.05, 0) is 52.4 Å². The van der Waals surface area contributed by atoms with Crippen molar-refractivity contribution in [2.24, 2.45) is 5.92 Å². The first-order chi connectivity index (χ1) is 12.9. The predicted molar refractivity (Wildman–Crippen MR) is 112 cm³/mol. The highest BCUT2D eigenvalue weighted by Crippen LogP contribution is 2.32. The average Bonchev–Trinajstić information content (AvgIpc) is 3.32. The summed E-state index contributed by atoms with van der Waals surface area (Å²) in [4.78, 5) is 17.1. The van der Waals surface area contributed by atoms with Crippen LogP contribution in [-0.2, 0) is 14.8 Å². The maximum Gasteiger partial charge on any atom is 0.252 e. The van der Waals surface area contributed by atoms with E-state index in [0.717, 1.165) is 14.7 Å². The molecule has 0 bridgehead atoms. The largest absolute Gasteiger partial charge is 0.302 e. The molecule has 0 spiro atoms. The third kappa shape index (κ3) is 3.81. The van der Waals surface area contributed by atoms with Crippen LogP contribution >= 0.6 is 38.6 Å². The van der Waals surface area contributed by atoms with Crippen LogP contribution in [0, 0.1) is 5.92 Å². The van der Waals surface area contributed by atoms with Crippen LogP contribution in [0.25, 0.3) is 10.2 Å². The van der Waals surface area contributed by atoms with Crippen molar-refractivity contribution in [2.45, 2.75) is 17.1 Å². The first-order valence-corrected chi connectivity index (χ1v) is 12.3. The van der Waals surface area contributed by atoms with Crippen molar-refractivity contribution in [3.8, 4) is 0 Å². The van der Waals surface area contributed by atoms with Crippen LogP contribution in [0.3, 0.4) is 0 Å². The standard InChI is InChI=1S/C17H16BrN3O3S3/c18-12-3-1-4-13-15(12)19-17(26-13)20-16(22)11-6-8-21(9-7-11)27(23,24)14-5-2-10-25-14/h1-5,10-11H,6-9H2,(H,19,20,22). The number of sulfonamides is 1. The van der Waals surface area contributed by atoms with Crippen molar-refractivity contribution in [2.75, 3.05) is 18.4 Å². The maximum absolute atomic E-state index is 12.6. The number of thiophene rings is 1. The van der Waals surface area contributed by atoms with Gasteiger partial charge in [-0.15, -0.1) is 11.3 Å². The molecule has 6 nitrogen and oxygen atoms in total. The zero-order valence-electron chi connectivity index (χ0n) is 14.1. The molecular formula is C17H16BrN3O3S3. The summed E-state index contributed by atoms with van der Waals surface area (Å²) in [5, 5.41) is 5.21. The number of hydrogen-bond acceptors (Lipinski definition) is 6. The second-order valence-corrected chi connectivity index (χ2v) is 11.2. The Hall–Kier alpha value is -1.33. The van der Waals surface area contributed by atoms with E-state index in [9.17, 15) is 13.2 Å². The van der Waals surface area contributed by atoms with E-state index in [1.165, 1.54) is 27.0 Å². The minimum atomic E-state index is -3.44. The maximum atomic E-state index is 12.6. The number of amides is 1. The second kappa shape index (κ2) is 7.59. The number of anilines is 1. The molecule has 0 unspecified atom stereocenters. The highest BCUT2D eigenvalue weighted by Gasteiger charge is 2.32. The number of thiazole rings is 1. The van der Waals surface area contributed by atoms with E-state index in [-0.39, 0.29) is 11.8 Å². The Morgan fingerprint density at radius 1 is 1.22 bits per heavy atom. The summed E-state index contributed by atoms with van der Waals surface area (Å²) in [5.41, 5.74) is 0.828. The highest BCUT2D eigenvalue weighted by molar-refractivity contribution is 9.10. The number of fused-ring (bicyclic) bond motifs is 1. The van der Waals surface area contributed by atoms with Gasteiger partial charge in [0.25, 0.3) is 10.0 Å². The molecule has 3 aromatic rings. The summed E-state index contributed by atoms with van der Waals surface area (Å²) in [6, 6.07) is 9.15. The predicted octanol–water partition coefficient (Wildman–Crippen LogP) is 4.16. The molecule has 0 atom stereocenters. The Bertz CT molecular complexity index is 1070. The van der Waals surface area contributed by atoms with Gasteiger partial charge in [0.1, 0.15) is 4.21 Å². The summed E-state index contributed by atoms with van der Waals surface area (Å²) in [5.74, 6) is -0.311. The zero-order valence-corrected chi connectivity index (χ0v) is 18.1. The lowest BCUT2D eigenvalue weighted by molar-refractivity contribution is -0.120. The smallest absolute Gasteiger partial charge is 0.252 e. The van der Waals surface area contributed by atoms with E-state index < -0.39 is 10.0 Å². The van der Waals surface area contributed by atoms with Crippen LogP contribution in [0.4, 0.5) is 5.13 Å². The molecule has 1 aliphatic heterocycles. The Balaban J connectivity index is 1.40. The summed E-state index contributed by atoms with van der Waals surface area (Å²) in [7, 11) is -3.44. The van der Waals surface area contributed by atoms with Gasteiger partial charge < -0.3 is 5.32 Å². The molecule has 4 rings (SSSR count). The number of nitrogens with one attached hydrogen (secondary N) is 1. The number of aromatic nitrogens is 1. The van der Waals surface area contributed by atoms with Crippen LogP contribution in [0.5, 0.6) is 0 Å². The van der Waals surface area contributed by atoms with Gasteiger partial charge in [0.15, 0.2) is 5.13 Å².